The van der Waals surface area contributed by atoms with Crippen molar-refractivity contribution in [2.45, 2.75) is 32.0 Å². The standard InChI is InChI=1S/C21H20N2O4/c1-12(2)22-17(13-8-10-14(27-3)11-9-13)18(21(22)26)23-19(24)15-6-4-5-7-16(15)20(23)25/h4-12,17-18H,1-3H3. The summed E-state index contributed by atoms with van der Waals surface area (Å²) < 4.78 is 5.20. The molecule has 1 saturated heterocycles. The molecule has 1 fully saturated rings. The molecule has 0 saturated carbocycles. The van der Waals surface area contributed by atoms with Crippen molar-refractivity contribution in [3.8, 4) is 5.75 Å². The van der Waals surface area contributed by atoms with E-state index < -0.39 is 17.9 Å². The molecular weight excluding hydrogens is 344 g/mol. The molecule has 4 rings (SSSR count). The van der Waals surface area contributed by atoms with Gasteiger partial charge in [0.15, 0.2) is 0 Å². The number of ether oxygens (including phenoxy) is 1. The number of carbonyl (C=O) groups is 3. The first-order valence-electron chi connectivity index (χ1n) is 8.88. The number of imide groups is 1. The minimum absolute atomic E-state index is 0.0453. The highest BCUT2D eigenvalue weighted by atomic mass is 16.5. The summed E-state index contributed by atoms with van der Waals surface area (Å²) in [4.78, 5) is 41.4. The third-order valence-corrected chi connectivity index (χ3v) is 5.22. The summed E-state index contributed by atoms with van der Waals surface area (Å²) in [6, 6.07) is 12.8. The molecule has 2 aliphatic rings. The van der Waals surface area contributed by atoms with E-state index in [1.54, 1.807) is 36.3 Å². The summed E-state index contributed by atoms with van der Waals surface area (Å²) >= 11 is 0. The summed E-state index contributed by atoms with van der Waals surface area (Å²) in [6.07, 6.45) is 0. The second-order valence-corrected chi connectivity index (χ2v) is 7.03. The molecule has 2 aromatic carbocycles. The molecule has 0 aromatic heterocycles. The van der Waals surface area contributed by atoms with Gasteiger partial charge < -0.3 is 9.64 Å². The lowest BCUT2D eigenvalue weighted by molar-refractivity contribution is -0.159. The Morgan fingerprint density at radius 1 is 0.852 bits per heavy atom. The predicted octanol–water partition coefficient (Wildman–Crippen LogP) is 2.65. The van der Waals surface area contributed by atoms with Crippen molar-refractivity contribution < 1.29 is 19.1 Å². The molecule has 2 aliphatic heterocycles. The lowest BCUT2D eigenvalue weighted by Gasteiger charge is -2.52. The maximum absolute atomic E-state index is 12.9. The number of hydrogen-bond acceptors (Lipinski definition) is 4. The quantitative estimate of drug-likeness (QED) is 0.618. The Hall–Kier alpha value is -3.15. The highest BCUT2D eigenvalue weighted by molar-refractivity contribution is 6.23. The van der Waals surface area contributed by atoms with Gasteiger partial charge in [0.2, 0.25) is 5.91 Å². The highest BCUT2D eigenvalue weighted by Gasteiger charge is 2.57. The van der Waals surface area contributed by atoms with Crippen LogP contribution >= 0.6 is 0 Å². The second kappa shape index (κ2) is 6.23. The first-order valence-corrected chi connectivity index (χ1v) is 8.88. The van der Waals surface area contributed by atoms with E-state index in [0.29, 0.717) is 16.9 Å². The van der Waals surface area contributed by atoms with E-state index in [2.05, 4.69) is 0 Å². The number of amides is 3. The lowest BCUT2D eigenvalue weighted by Crippen LogP contribution is -2.68. The summed E-state index contributed by atoms with van der Waals surface area (Å²) in [7, 11) is 1.59. The predicted molar refractivity (Wildman–Crippen MR) is 98.4 cm³/mol. The van der Waals surface area contributed by atoms with Crippen LogP contribution in [0.3, 0.4) is 0 Å². The normalized spacial score (nSPS) is 21.6. The summed E-state index contributed by atoms with van der Waals surface area (Å²) in [6.45, 7) is 3.85. The first kappa shape index (κ1) is 17.3. The molecule has 6 heteroatoms. The van der Waals surface area contributed by atoms with Crippen molar-refractivity contribution in [3.05, 3.63) is 65.2 Å². The van der Waals surface area contributed by atoms with Crippen molar-refractivity contribution in [3.63, 3.8) is 0 Å². The number of β-lactam (4-membered cyclic amide) rings is 1. The van der Waals surface area contributed by atoms with E-state index in [-0.39, 0.29) is 18.0 Å². The number of methoxy groups -OCH3 is 1. The summed E-state index contributed by atoms with van der Waals surface area (Å²) in [5, 5.41) is 0. The maximum Gasteiger partial charge on any atom is 0.262 e. The van der Waals surface area contributed by atoms with E-state index in [1.807, 2.05) is 38.1 Å². The molecular formula is C21H20N2O4. The number of hydrogen-bond donors (Lipinski definition) is 0. The van der Waals surface area contributed by atoms with Gasteiger partial charge >= 0.3 is 0 Å². The fourth-order valence-electron chi connectivity index (χ4n) is 3.93. The Morgan fingerprint density at radius 2 is 1.41 bits per heavy atom. The minimum Gasteiger partial charge on any atom is -0.497 e. The molecule has 0 spiro atoms. The van der Waals surface area contributed by atoms with Crippen LogP contribution in [0.5, 0.6) is 5.75 Å². The zero-order chi connectivity index (χ0) is 19.3. The van der Waals surface area contributed by atoms with Crippen LogP contribution in [0, 0.1) is 0 Å². The van der Waals surface area contributed by atoms with E-state index in [0.717, 1.165) is 10.5 Å². The monoisotopic (exact) mass is 364 g/mol. The third-order valence-electron chi connectivity index (χ3n) is 5.22. The Labute approximate surface area is 157 Å². The Kier molecular flexibility index (Phi) is 3.98. The average molecular weight is 364 g/mol. The van der Waals surface area contributed by atoms with Gasteiger partial charge in [-0.3, -0.25) is 19.3 Å². The number of nitrogens with zero attached hydrogens (tertiary/aromatic N) is 2. The van der Waals surface area contributed by atoms with Crippen LogP contribution in [0.4, 0.5) is 0 Å². The van der Waals surface area contributed by atoms with Gasteiger partial charge in [0, 0.05) is 6.04 Å². The van der Waals surface area contributed by atoms with E-state index in [9.17, 15) is 14.4 Å². The van der Waals surface area contributed by atoms with Crippen LogP contribution in [-0.2, 0) is 4.79 Å². The van der Waals surface area contributed by atoms with Gasteiger partial charge in [-0.1, -0.05) is 24.3 Å². The molecule has 2 unspecified atom stereocenters. The average Bonchev–Trinajstić information content (AvgIpc) is 2.91. The number of fused-ring (bicyclic) bond motifs is 1. The SMILES string of the molecule is COc1ccc(C2C(N3C(=O)c4ccccc4C3=O)C(=O)N2C(C)C)cc1. The highest BCUT2D eigenvalue weighted by Crippen LogP contribution is 2.42. The molecule has 2 heterocycles. The van der Waals surface area contributed by atoms with Crippen LogP contribution in [0.2, 0.25) is 0 Å². The van der Waals surface area contributed by atoms with Gasteiger partial charge in [-0.05, 0) is 43.7 Å². The van der Waals surface area contributed by atoms with Crippen molar-refractivity contribution in [1.29, 1.82) is 0 Å². The van der Waals surface area contributed by atoms with Gasteiger partial charge in [0.1, 0.15) is 11.8 Å². The Morgan fingerprint density at radius 3 is 1.89 bits per heavy atom. The van der Waals surface area contributed by atoms with E-state index in [1.165, 1.54) is 0 Å². The van der Waals surface area contributed by atoms with Crippen molar-refractivity contribution in [2.75, 3.05) is 7.11 Å². The van der Waals surface area contributed by atoms with Gasteiger partial charge in [-0.15, -0.1) is 0 Å². The number of rotatable bonds is 4. The largest absolute Gasteiger partial charge is 0.497 e. The molecule has 0 aliphatic carbocycles. The van der Waals surface area contributed by atoms with E-state index in [4.69, 9.17) is 4.74 Å². The molecule has 0 N–H and O–H groups in total. The lowest BCUT2D eigenvalue weighted by atomic mass is 9.85. The van der Waals surface area contributed by atoms with Crippen LogP contribution in [-0.4, -0.2) is 46.7 Å². The number of benzene rings is 2. The molecule has 0 bridgehead atoms. The molecule has 138 valence electrons. The van der Waals surface area contributed by atoms with Crippen LogP contribution < -0.4 is 4.74 Å². The minimum atomic E-state index is -0.826. The molecule has 27 heavy (non-hydrogen) atoms. The van der Waals surface area contributed by atoms with Crippen molar-refractivity contribution in [1.82, 2.24) is 9.80 Å². The van der Waals surface area contributed by atoms with Crippen LogP contribution in [0.1, 0.15) is 46.2 Å². The van der Waals surface area contributed by atoms with Gasteiger partial charge in [-0.25, -0.2) is 0 Å². The number of carbonyl (C=O) groups excluding carboxylic acids is 3. The number of likely N-dealkylation sites (tertiary alicyclic amines) is 1. The Bertz CT molecular complexity index is 900. The second-order valence-electron chi connectivity index (χ2n) is 7.03. The van der Waals surface area contributed by atoms with Gasteiger partial charge in [-0.2, -0.15) is 0 Å². The van der Waals surface area contributed by atoms with Gasteiger partial charge in [0.05, 0.1) is 24.3 Å². The van der Waals surface area contributed by atoms with Crippen molar-refractivity contribution in [2.24, 2.45) is 0 Å². The fourth-order valence-corrected chi connectivity index (χ4v) is 3.93. The maximum atomic E-state index is 12.9. The summed E-state index contributed by atoms with van der Waals surface area (Å²) in [5.41, 5.74) is 1.57. The zero-order valence-corrected chi connectivity index (χ0v) is 15.4. The smallest absolute Gasteiger partial charge is 0.262 e. The fraction of sp³-hybridized carbons (Fsp3) is 0.286. The van der Waals surface area contributed by atoms with Crippen LogP contribution in [0.15, 0.2) is 48.5 Å². The molecule has 0 radical (unpaired) electrons. The van der Waals surface area contributed by atoms with Crippen molar-refractivity contribution >= 4 is 17.7 Å². The van der Waals surface area contributed by atoms with Crippen LogP contribution in [0.25, 0.3) is 0 Å². The molecule has 2 aromatic rings. The summed E-state index contributed by atoms with van der Waals surface area (Å²) in [5.74, 6) is -0.315. The first-order chi connectivity index (χ1) is 13.0. The Balaban J connectivity index is 1.74. The zero-order valence-electron chi connectivity index (χ0n) is 15.4. The third kappa shape index (κ3) is 2.44. The van der Waals surface area contributed by atoms with E-state index >= 15 is 0 Å². The molecule has 6 nitrogen and oxygen atoms in total. The topological polar surface area (TPSA) is 66.9 Å². The molecule has 3 amide bonds. The molecule has 2 atom stereocenters. The van der Waals surface area contributed by atoms with Gasteiger partial charge in [0.25, 0.3) is 11.8 Å².